The molecule has 0 aliphatic carbocycles. The van der Waals surface area contributed by atoms with Gasteiger partial charge in [-0.3, -0.25) is 0 Å². The quantitative estimate of drug-likeness (QED) is 0.802. The first-order valence-electron chi connectivity index (χ1n) is 6.17. The summed E-state index contributed by atoms with van der Waals surface area (Å²) in [6, 6.07) is 2.60. The van der Waals surface area contributed by atoms with E-state index in [1.807, 2.05) is 0 Å². The number of nitrogens with one attached hydrogen (secondary N) is 1. The molecule has 1 atom stereocenters. The predicted molar refractivity (Wildman–Crippen MR) is 67.6 cm³/mol. The molecule has 1 rings (SSSR count). The van der Waals surface area contributed by atoms with Gasteiger partial charge in [0.2, 0.25) is 0 Å². The molecule has 1 N–H and O–H groups in total. The Labute approximate surface area is 98.7 Å². The van der Waals surface area contributed by atoms with E-state index in [-0.39, 0.29) is 0 Å². The minimum atomic E-state index is 0.473. The van der Waals surface area contributed by atoms with Crippen LogP contribution in [0.25, 0.3) is 0 Å². The molecule has 90 valence electrons. The second-order valence-corrected chi connectivity index (χ2v) is 4.65. The Morgan fingerprint density at radius 2 is 2.00 bits per heavy atom. The zero-order valence-corrected chi connectivity index (χ0v) is 10.8. The summed E-state index contributed by atoms with van der Waals surface area (Å²) in [5.41, 5.74) is 2.27. The van der Waals surface area contributed by atoms with Gasteiger partial charge in [-0.05, 0) is 31.9 Å². The van der Waals surface area contributed by atoms with E-state index in [1.54, 1.807) is 6.33 Å². The first-order chi connectivity index (χ1) is 7.63. The van der Waals surface area contributed by atoms with Gasteiger partial charge in [0.1, 0.15) is 6.33 Å². The molecule has 0 saturated heterocycles. The topological polar surface area (TPSA) is 37.8 Å². The fourth-order valence-electron chi connectivity index (χ4n) is 1.62. The lowest BCUT2D eigenvalue weighted by atomic mass is 10.1. The highest BCUT2D eigenvalue weighted by atomic mass is 14.9. The monoisotopic (exact) mass is 221 g/mol. The predicted octanol–water partition coefficient (Wildman–Crippen LogP) is 2.53. The van der Waals surface area contributed by atoms with Gasteiger partial charge < -0.3 is 5.32 Å². The fourth-order valence-corrected chi connectivity index (χ4v) is 1.62. The molecule has 0 amide bonds. The maximum absolute atomic E-state index is 4.32. The van der Waals surface area contributed by atoms with Crippen molar-refractivity contribution < 1.29 is 0 Å². The van der Waals surface area contributed by atoms with Crippen molar-refractivity contribution in [2.24, 2.45) is 0 Å². The maximum atomic E-state index is 4.32. The van der Waals surface area contributed by atoms with Crippen LogP contribution in [-0.4, -0.2) is 22.6 Å². The van der Waals surface area contributed by atoms with E-state index < -0.39 is 0 Å². The summed E-state index contributed by atoms with van der Waals surface area (Å²) in [6.07, 6.45) is 3.82. The third-order valence-corrected chi connectivity index (χ3v) is 2.59. The van der Waals surface area contributed by atoms with E-state index in [4.69, 9.17) is 0 Å². The molecule has 3 heteroatoms. The Balaban J connectivity index is 2.56. The molecule has 1 unspecified atom stereocenters. The van der Waals surface area contributed by atoms with Crippen molar-refractivity contribution in [1.82, 2.24) is 15.3 Å². The molecule has 3 nitrogen and oxygen atoms in total. The second-order valence-electron chi connectivity index (χ2n) is 4.65. The number of hydrogen-bond donors (Lipinski definition) is 1. The summed E-state index contributed by atoms with van der Waals surface area (Å²) >= 11 is 0. The number of hydrogen-bond acceptors (Lipinski definition) is 3. The largest absolute Gasteiger partial charge is 0.314 e. The molecule has 1 aromatic heterocycles. The van der Waals surface area contributed by atoms with E-state index in [2.05, 4.69) is 49.0 Å². The molecule has 0 bridgehead atoms. The molecule has 16 heavy (non-hydrogen) atoms. The van der Waals surface area contributed by atoms with E-state index >= 15 is 0 Å². The zero-order valence-electron chi connectivity index (χ0n) is 10.8. The van der Waals surface area contributed by atoms with Gasteiger partial charge in [-0.1, -0.05) is 20.8 Å². The number of nitrogens with zero attached hydrogens (tertiary/aromatic N) is 2. The van der Waals surface area contributed by atoms with Gasteiger partial charge in [-0.15, -0.1) is 0 Å². The van der Waals surface area contributed by atoms with Crippen LogP contribution < -0.4 is 5.32 Å². The smallest absolute Gasteiger partial charge is 0.115 e. The summed E-state index contributed by atoms with van der Waals surface area (Å²) in [6.45, 7) is 9.77. The van der Waals surface area contributed by atoms with Gasteiger partial charge in [0.15, 0.2) is 0 Å². The minimum absolute atomic E-state index is 0.473. The molecule has 1 heterocycles. The number of aromatic nitrogens is 2. The van der Waals surface area contributed by atoms with E-state index in [0.717, 1.165) is 24.4 Å². The lowest BCUT2D eigenvalue weighted by molar-refractivity contribution is 0.537. The molecular weight excluding hydrogens is 198 g/mol. The Morgan fingerprint density at radius 1 is 1.25 bits per heavy atom. The highest BCUT2D eigenvalue weighted by Gasteiger charge is 2.06. The Hall–Kier alpha value is -0.960. The van der Waals surface area contributed by atoms with Crippen LogP contribution in [-0.2, 0) is 6.42 Å². The van der Waals surface area contributed by atoms with Gasteiger partial charge in [0.25, 0.3) is 0 Å². The lowest BCUT2D eigenvalue weighted by Gasteiger charge is -2.13. The highest BCUT2D eigenvalue weighted by molar-refractivity contribution is 5.12. The van der Waals surface area contributed by atoms with Gasteiger partial charge in [0, 0.05) is 23.9 Å². The third-order valence-electron chi connectivity index (χ3n) is 2.59. The molecule has 0 radical (unpaired) electrons. The lowest BCUT2D eigenvalue weighted by Crippen LogP contribution is -2.29. The first-order valence-corrected chi connectivity index (χ1v) is 6.17. The Bertz CT molecular complexity index is 310. The summed E-state index contributed by atoms with van der Waals surface area (Å²) in [5.74, 6) is 0.473. The summed E-state index contributed by atoms with van der Waals surface area (Å²) in [5, 5.41) is 3.47. The maximum Gasteiger partial charge on any atom is 0.115 e. The fraction of sp³-hybridized carbons (Fsp3) is 0.692. The van der Waals surface area contributed by atoms with Crippen LogP contribution in [0.5, 0.6) is 0 Å². The Morgan fingerprint density at radius 3 is 2.62 bits per heavy atom. The van der Waals surface area contributed by atoms with Gasteiger partial charge in [0.05, 0.1) is 0 Å². The molecule has 0 aliphatic heterocycles. The van der Waals surface area contributed by atoms with Crippen LogP contribution in [0, 0.1) is 0 Å². The molecule has 0 spiro atoms. The van der Waals surface area contributed by atoms with Crippen molar-refractivity contribution in [1.29, 1.82) is 0 Å². The summed E-state index contributed by atoms with van der Waals surface area (Å²) < 4.78 is 0. The highest BCUT2D eigenvalue weighted by Crippen LogP contribution is 2.11. The van der Waals surface area contributed by atoms with Crippen LogP contribution >= 0.6 is 0 Å². The Kier molecular flexibility index (Phi) is 5.39. The molecule has 0 aliphatic rings. The van der Waals surface area contributed by atoms with Crippen molar-refractivity contribution in [2.75, 3.05) is 6.54 Å². The standard InChI is InChI=1S/C13H23N3/c1-5-6-14-11(4)7-12-8-13(10(2)3)16-9-15-12/h8-11,14H,5-7H2,1-4H3. The summed E-state index contributed by atoms with van der Waals surface area (Å²) in [7, 11) is 0. The van der Waals surface area contributed by atoms with Crippen LogP contribution in [0.1, 0.15) is 51.4 Å². The normalized spacial score (nSPS) is 13.1. The second kappa shape index (κ2) is 6.59. The van der Waals surface area contributed by atoms with Crippen molar-refractivity contribution >= 4 is 0 Å². The van der Waals surface area contributed by atoms with Crippen LogP contribution in [0.15, 0.2) is 12.4 Å². The van der Waals surface area contributed by atoms with E-state index in [0.29, 0.717) is 12.0 Å². The van der Waals surface area contributed by atoms with Gasteiger partial charge >= 0.3 is 0 Å². The molecule has 0 aromatic carbocycles. The molecular formula is C13H23N3. The van der Waals surface area contributed by atoms with E-state index in [9.17, 15) is 0 Å². The van der Waals surface area contributed by atoms with Crippen molar-refractivity contribution in [2.45, 2.75) is 52.5 Å². The zero-order chi connectivity index (χ0) is 12.0. The molecule has 1 aromatic rings. The first kappa shape index (κ1) is 13.1. The summed E-state index contributed by atoms with van der Waals surface area (Å²) in [4.78, 5) is 8.60. The van der Waals surface area contributed by atoms with Gasteiger partial charge in [-0.2, -0.15) is 0 Å². The molecule has 0 saturated carbocycles. The average molecular weight is 221 g/mol. The number of rotatable bonds is 6. The SMILES string of the molecule is CCCNC(C)Cc1cc(C(C)C)ncn1. The van der Waals surface area contributed by atoms with Crippen LogP contribution in [0.3, 0.4) is 0 Å². The minimum Gasteiger partial charge on any atom is -0.314 e. The molecule has 0 fully saturated rings. The van der Waals surface area contributed by atoms with Crippen molar-refractivity contribution in [3.8, 4) is 0 Å². The van der Waals surface area contributed by atoms with Crippen LogP contribution in [0.2, 0.25) is 0 Å². The van der Waals surface area contributed by atoms with Crippen molar-refractivity contribution in [3.63, 3.8) is 0 Å². The van der Waals surface area contributed by atoms with Crippen LogP contribution in [0.4, 0.5) is 0 Å². The third kappa shape index (κ3) is 4.27. The van der Waals surface area contributed by atoms with Gasteiger partial charge in [-0.25, -0.2) is 9.97 Å². The van der Waals surface area contributed by atoms with Crippen molar-refractivity contribution in [3.05, 3.63) is 23.8 Å². The van der Waals surface area contributed by atoms with E-state index in [1.165, 1.54) is 6.42 Å². The average Bonchev–Trinajstić information content (AvgIpc) is 2.26.